The summed E-state index contributed by atoms with van der Waals surface area (Å²) >= 11 is 0. The van der Waals surface area contributed by atoms with Crippen molar-refractivity contribution in [2.24, 2.45) is 5.41 Å². The molecule has 1 fully saturated rings. The highest BCUT2D eigenvalue weighted by atomic mass is 16.5. The van der Waals surface area contributed by atoms with Gasteiger partial charge < -0.3 is 14.6 Å². The van der Waals surface area contributed by atoms with Crippen molar-refractivity contribution in [2.45, 2.75) is 26.3 Å². The summed E-state index contributed by atoms with van der Waals surface area (Å²) in [5, 5.41) is 5.71. The zero-order chi connectivity index (χ0) is 17.2. The normalized spacial score (nSPS) is 20.8. The second-order valence-electron chi connectivity index (χ2n) is 6.36. The van der Waals surface area contributed by atoms with Crippen LogP contribution in [0.15, 0.2) is 24.3 Å². The van der Waals surface area contributed by atoms with Crippen LogP contribution in [0, 0.1) is 5.41 Å². The first-order valence-corrected chi connectivity index (χ1v) is 8.06. The summed E-state index contributed by atoms with van der Waals surface area (Å²) in [6, 6.07) is 7.74. The van der Waals surface area contributed by atoms with Crippen LogP contribution in [0.2, 0.25) is 0 Å². The molecule has 1 unspecified atom stereocenters. The summed E-state index contributed by atoms with van der Waals surface area (Å²) in [4.78, 5) is 28.6. The second-order valence-corrected chi connectivity index (χ2v) is 6.36. The van der Waals surface area contributed by atoms with Crippen LogP contribution in [-0.2, 0) is 20.9 Å². The van der Waals surface area contributed by atoms with E-state index >= 15 is 0 Å². The second kappa shape index (κ2) is 6.60. The topological polar surface area (TPSA) is 85.2 Å². The fraction of sp³-hybridized carbons (Fsp3) is 0.471. The van der Waals surface area contributed by atoms with Crippen molar-refractivity contribution >= 4 is 28.8 Å². The molecule has 128 valence electrons. The fourth-order valence-electron chi connectivity index (χ4n) is 2.89. The monoisotopic (exact) mass is 330 g/mol. The van der Waals surface area contributed by atoms with E-state index in [1.807, 2.05) is 35.8 Å². The predicted octanol–water partition coefficient (Wildman–Crippen LogP) is 1.54. The number of piperidine rings is 1. The molecule has 0 aliphatic carbocycles. The van der Waals surface area contributed by atoms with Crippen LogP contribution < -0.4 is 10.6 Å². The number of rotatable bonds is 5. The number of benzene rings is 1. The highest BCUT2D eigenvalue weighted by Crippen LogP contribution is 2.28. The molecular formula is C17H22N4O3. The molecule has 0 spiro atoms. The Labute approximate surface area is 140 Å². The van der Waals surface area contributed by atoms with E-state index in [1.165, 1.54) is 0 Å². The minimum Gasteiger partial charge on any atom is -0.383 e. The molecule has 1 aliphatic rings. The van der Waals surface area contributed by atoms with E-state index in [2.05, 4.69) is 15.6 Å². The minimum absolute atomic E-state index is 0.00684. The van der Waals surface area contributed by atoms with Crippen LogP contribution in [0.4, 0.5) is 5.95 Å². The van der Waals surface area contributed by atoms with E-state index < -0.39 is 5.41 Å². The van der Waals surface area contributed by atoms with Gasteiger partial charge in [0.2, 0.25) is 17.8 Å². The van der Waals surface area contributed by atoms with Crippen molar-refractivity contribution in [3.8, 4) is 0 Å². The molecule has 2 N–H and O–H groups in total. The third-order valence-electron chi connectivity index (χ3n) is 4.53. The molecule has 0 radical (unpaired) electrons. The third kappa shape index (κ3) is 3.12. The first kappa shape index (κ1) is 16.4. The first-order chi connectivity index (χ1) is 11.5. The lowest BCUT2D eigenvalue weighted by Crippen LogP contribution is -2.48. The van der Waals surface area contributed by atoms with Crippen molar-refractivity contribution in [2.75, 3.05) is 25.6 Å². The minimum atomic E-state index is -0.627. The van der Waals surface area contributed by atoms with Gasteiger partial charge in [-0.1, -0.05) is 12.1 Å². The van der Waals surface area contributed by atoms with Crippen LogP contribution >= 0.6 is 0 Å². The van der Waals surface area contributed by atoms with Crippen LogP contribution in [0.1, 0.15) is 19.8 Å². The average molecular weight is 330 g/mol. The Hall–Kier alpha value is -2.41. The maximum Gasteiger partial charge on any atom is 0.234 e. The number of carbonyl (C=O) groups excluding carboxylic acids is 2. The summed E-state index contributed by atoms with van der Waals surface area (Å²) in [7, 11) is 1.64. The van der Waals surface area contributed by atoms with Crippen LogP contribution in [0.25, 0.3) is 11.0 Å². The van der Waals surface area contributed by atoms with Crippen LogP contribution in [0.3, 0.4) is 0 Å². The van der Waals surface area contributed by atoms with Gasteiger partial charge in [-0.25, -0.2) is 4.98 Å². The first-order valence-electron chi connectivity index (χ1n) is 8.06. The van der Waals surface area contributed by atoms with Crippen molar-refractivity contribution in [3.63, 3.8) is 0 Å². The highest BCUT2D eigenvalue weighted by Gasteiger charge is 2.37. The lowest BCUT2D eigenvalue weighted by Gasteiger charge is -2.31. The van der Waals surface area contributed by atoms with Crippen molar-refractivity contribution in [1.29, 1.82) is 0 Å². The summed E-state index contributed by atoms with van der Waals surface area (Å²) in [5.74, 6) is 0.375. The number of hydrogen-bond acceptors (Lipinski definition) is 4. The molecule has 1 aliphatic heterocycles. The van der Waals surface area contributed by atoms with E-state index in [-0.39, 0.29) is 11.8 Å². The number of hydrogen-bond donors (Lipinski definition) is 2. The Bertz CT molecular complexity index is 758. The maximum absolute atomic E-state index is 12.8. The number of nitrogens with zero attached hydrogens (tertiary/aromatic N) is 2. The van der Waals surface area contributed by atoms with E-state index in [0.717, 1.165) is 11.0 Å². The number of amides is 2. The molecule has 1 aromatic heterocycles. The molecule has 0 saturated carbocycles. The van der Waals surface area contributed by atoms with Crippen molar-refractivity contribution in [1.82, 2.24) is 14.9 Å². The number of methoxy groups -OCH3 is 1. The lowest BCUT2D eigenvalue weighted by molar-refractivity contribution is -0.130. The summed E-state index contributed by atoms with van der Waals surface area (Å²) in [6.07, 6.45) is 0.896. The number of para-hydroxylation sites is 2. The van der Waals surface area contributed by atoms with Gasteiger partial charge in [-0.05, 0) is 25.5 Å². The van der Waals surface area contributed by atoms with E-state index in [0.29, 0.717) is 38.5 Å². The third-order valence-corrected chi connectivity index (χ3v) is 4.53. The van der Waals surface area contributed by atoms with Crippen molar-refractivity contribution < 1.29 is 14.3 Å². The number of fused-ring (bicyclic) bond motifs is 1. The molecule has 2 heterocycles. The number of imidazole rings is 1. The molecule has 0 bridgehead atoms. The van der Waals surface area contributed by atoms with Crippen molar-refractivity contribution in [3.05, 3.63) is 24.3 Å². The quantitative estimate of drug-likeness (QED) is 0.871. The van der Waals surface area contributed by atoms with Gasteiger partial charge in [0.15, 0.2) is 0 Å². The largest absolute Gasteiger partial charge is 0.383 e. The van der Waals surface area contributed by atoms with E-state index in [4.69, 9.17) is 4.74 Å². The van der Waals surface area contributed by atoms with Gasteiger partial charge in [0.25, 0.3) is 0 Å². The Morgan fingerprint density at radius 2 is 2.25 bits per heavy atom. The zero-order valence-corrected chi connectivity index (χ0v) is 14.0. The summed E-state index contributed by atoms with van der Waals surface area (Å²) < 4.78 is 7.11. The summed E-state index contributed by atoms with van der Waals surface area (Å²) in [6.45, 7) is 3.33. The predicted molar refractivity (Wildman–Crippen MR) is 90.6 cm³/mol. The number of nitrogens with one attached hydrogen (secondary N) is 2. The molecule has 7 heteroatoms. The molecule has 24 heavy (non-hydrogen) atoms. The van der Waals surface area contributed by atoms with Gasteiger partial charge in [0, 0.05) is 26.6 Å². The van der Waals surface area contributed by atoms with Gasteiger partial charge in [-0.15, -0.1) is 0 Å². The van der Waals surface area contributed by atoms with Crippen LogP contribution in [0.5, 0.6) is 0 Å². The van der Waals surface area contributed by atoms with E-state index in [9.17, 15) is 9.59 Å². The average Bonchev–Trinajstić information content (AvgIpc) is 2.93. The molecule has 2 amide bonds. The molecule has 1 aromatic carbocycles. The molecular weight excluding hydrogens is 308 g/mol. The number of carbonyl (C=O) groups is 2. The SMILES string of the molecule is COCCn1c(NC(=O)C2(C)CCC(=O)NC2)nc2ccccc21. The van der Waals surface area contributed by atoms with E-state index in [1.54, 1.807) is 7.11 Å². The Morgan fingerprint density at radius 3 is 2.96 bits per heavy atom. The Morgan fingerprint density at radius 1 is 1.46 bits per heavy atom. The Kier molecular flexibility index (Phi) is 4.53. The Balaban J connectivity index is 1.86. The van der Waals surface area contributed by atoms with Crippen LogP contribution in [-0.4, -0.2) is 41.6 Å². The molecule has 1 saturated heterocycles. The highest BCUT2D eigenvalue weighted by molar-refractivity contribution is 5.96. The number of ether oxygens (including phenoxy) is 1. The number of aromatic nitrogens is 2. The van der Waals surface area contributed by atoms with Gasteiger partial charge in [0.1, 0.15) is 0 Å². The standard InChI is InChI=1S/C17H22N4O3/c1-17(8-7-14(22)18-11-17)15(23)20-16-19-12-5-3-4-6-13(12)21(16)9-10-24-2/h3-6H,7-11H2,1-2H3,(H,18,22)(H,19,20,23). The number of anilines is 1. The molecule has 1 atom stereocenters. The fourth-order valence-corrected chi connectivity index (χ4v) is 2.89. The lowest BCUT2D eigenvalue weighted by atomic mass is 9.82. The molecule has 3 rings (SSSR count). The molecule has 7 nitrogen and oxygen atoms in total. The zero-order valence-electron chi connectivity index (χ0n) is 14.0. The molecule has 2 aromatic rings. The van der Waals surface area contributed by atoms with Gasteiger partial charge in [-0.3, -0.25) is 14.9 Å². The summed E-state index contributed by atoms with van der Waals surface area (Å²) in [5.41, 5.74) is 1.15. The van der Waals surface area contributed by atoms with Gasteiger partial charge in [-0.2, -0.15) is 0 Å². The maximum atomic E-state index is 12.8. The van der Waals surface area contributed by atoms with Gasteiger partial charge in [0.05, 0.1) is 23.1 Å². The van der Waals surface area contributed by atoms with Gasteiger partial charge >= 0.3 is 0 Å². The smallest absolute Gasteiger partial charge is 0.234 e.